The number of likely N-dealkylation sites (N-methyl/N-ethyl adjacent to an activating group) is 1. The molecule has 0 aromatic heterocycles. The minimum atomic E-state index is -0.331. The van der Waals surface area contributed by atoms with Crippen LogP contribution in [-0.2, 0) is 35.1 Å². The first-order chi connectivity index (χ1) is 15.7. The molecule has 4 amide bonds. The third-order valence-electron chi connectivity index (χ3n) is 5.72. The third kappa shape index (κ3) is 8.42. The normalized spacial score (nSPS) is 13.8. The fraction of sp³-hybridized carbons (Fsp3) is 0.542. The number of ketones is 1. The maximum absolute atomic E-state index is 12.4. The number of likely N-dealkylation sites (tertiary alicyclic amines) is 1. The van der Waals surface area contributed by atoms with Crippen molar-refractivity contribution in [3.8, 4) is 0 Å². The number of hydrogen-bond acceptors (Lipinski definition) is 6. The van der Waals surface area contributed by atoms with E-state index in [-0.39, 0.29) is 55.0 Å². The number of nitrogens with one attached hydrogen (secondary N) is 1. The molecule has 2 rings (SSSR count). The van der Waals surface area contributed by atoms with Gasteiger partial charge in [0.1, 0.15) is 19.0 Å². The van der Waals surface area contributed by atoms with Crippen LogP contribution < -0.4 is 10.2 Å². The number of carbonyl (C=O) groups excluding carboxylic acids is 5. The Bertz CT molecular complexity index is 885. The molecule has 1 N–H and O–H groups in total. The summed E-state index contributed by atoms with van der Waals surface area (Å²) in [4.78, 5) is 61.6. The van der Waals surface area contributed by atoms with Gasteiger partial charge in [-0.05, 0) is 37.5 Å². The summed E-state index contributed by atoms with van der Waals surface area (Å²) in [5.74, 6) is -0.829. The standard InChI is InChI=1S/C24H33N3O6/c1-17(18(2)28)7-4-5-11-25-21(29)15-33-16-24(32)26(3)20-9-6-8-19(13-20)14-23(31)27-12-10-22(27)30/h6,8-9,13,17H,4-5,7,10-12,14-16H2,1-3H3,(H,25,29). The molecule has 0 aliphatic carbocycles. The summed E-state index contributed by atoms with van der Waals surface area (Å²) < 4.78 is 5.24. The van der Waals surface area contributed by atoms with Gasteiger partial charge < -0.3 is 15.0 Å². The second-order valence-corrected chi connectivity index (χ2v) is 8.34. The van der Waals surface area contributed by atoms with Gasteiger partial charge in [0.05, 0.1) is 6.42 Å². The van der Waals surface area contributed by atoms with Gasteiger partial charge in [-0.25, -0.2) is 0 Å². The summed E-state index contributed by atoms with van der Waals surface area (Å²) in [6.45, 7) is 3.95. The number of anilines is 1. The summed E-state index contributed by atoms with van der Waals surface area (Å²) in [6, 6.07) is 6.97. The lowest BCUT2D eigenvalue weighted by molar-refractivity contribution is -0.152. The number of Topliss-reactive ketones (excluding diaryl/α,β-unsaturated/α-hetero) is 1. The largest absolute Gasteiger partial charge is 0.362 e. The second kappa shape index (κ2) is 12.8. The number of hydrogen-bond donors (Lipinski definition) is 1. The summed E-state index contributed by atoms with van der Waals surface area (Å²) in [6.07, 6.45) is 2.92. The number of carbonyl (C=O) groups is 5. The van der Waals surface area contributed by atoms with Crippen molar-refractivity contribution in [2.45, 2.75) is 46.0 Å². The van der Waals surface area contributed by atoms with Crippen LogP contribution in [0.3, 0.4) is 0 Å². The van der Waals surface area contributed by atoms with E-state index in [1.165, 1.54) is 9.80 Å². The average Bonchev–Trinajstić information content (AvgIpc) is 2.76. The fourth-order valence-electron chi connectivity index (χ4n) is 3.25. The van der Waals surface area contributed by atoms with E-state index in [4.69, 9.17) is 4.74 Å². The molecule has 0 saturated carbocycles. The van der Waals surface area contributed by atoms with Gasteiger partial charge in [-0.15, -0.1) is 0 Å². The van der Waals surface area contributed by atoms with Crippen molar-refractivity contribution in [1.29, 1.82) is 0 Å². The smallest absolute Gasteiger partial charge is 0.252 e. The molecule has 1 fully saturated rings. The maximum Gasteiger partial charge on any atom is 0.252 e. The molecule has 9 heteroatoms. The summed E-state index contributed by atoms with van der Waals surface area (Å²) in [5, 5.41) is 2.73. The predicted molar refractivity (Wildman–Crippen MR) is 122 cm³/mol. The second-order valence-electron chi connectivity index (χ2n) is 8.34. The number of unbranched alkanes of at least 4 members (excludes halogenated alkanes) is 1. The highest BCUT2D eigenvalue weighted by atomic mass is 16.5. The van der Waals surface area contributed by atoms with Crippen LogP contribution in [0.15, 0.2) is 24.3 Å². The van der Waals surface area contributed by atoms with E-state index in [2.05, 4.69) is 5.32 Å². The zero-order chi connectivity index (χ0) is 24.4. The number of rotatable bonds is 13. The highest BCUT2D eigenvalue weighted by Crippen LogP contribution is 2.18. The number of ether oxygens (including phenoxy) is 1. The van der Waals surface area contributed by atoms with E-state index in [0.29, 0.717) is 30.8 Å². The van der Waals surface area contributed by atoms with E-state index >= 15 is 0 Å². The quantitative estimate of drug-likeness (QED) is 0.353. The Morgan fingerprint density at radius 2 is 1.94 bits per heavy atom. The van der Waals surface area contributed by atoms with Crippen LogP contribution in [0.1, 0.15) is 45.1 Å². The third-order valence-corrected chi connectivity index (χ3v) is 5.72. The van der Waals surface area contributed by atoms with Crippen molar-refractivity contribution in [2.24, 2.45) is 5.92 Å². The lowest BCUT2D eigenvalue weighted by Crippen LogP contribution is -2.48. The van der Waals surface area contributed by atoms with Gasteiger partial charge in [0.2, 0.25) is 17.7 Å². The first-order valence-electron chi connectivity index (χ1n) is 11.2. The molecule has 0 radical (unpaired) electrons. The van der Waals surface area contributed by atoms with Crippen LogP contribution in [0, 0.1) is 5.92 Å². The molecule has 0 spiro atoms. The van der Waals surface area contributed by atoms with Gasteiger partial charge in [0, 0.05) is 38.2 Å². The molecule has 180 valence electrons. The summed E-state index contributed by atoms with van der Waals surface area (Å²) >= 11 is 0. The molecule has 1 heterocycles. The maximum atomic E-state index is 12.4. The van der Waals surface area contributed by atoms with Gasteiger partial charge in [-0.1, -0.05) is 25.5 Å². The van der Waals surface area contributed by atoms with Gasteiger partial charge in [-0.3, -0.25) is 28.9 Å². The van der Waals surface area contributed by atoms with Gasteiger partial charge in [-0.2, -0.15) is 0 Å². The Hall–Kier alpha value is -3.07. The van der Waals surface area contributed by atoms with Gasteiger partial charge >= 0.3 is 0 Å². The molecule has 9 nitrogen and oxygen atoms in total. The van der Waals surface area contributed by atoms with E-state index in [0.717, 1.165) is 19.3 Å². The van der Waals surface area contributed by atoms with E-state index in [9.17, 15) is 24.0 Å². The van der Waals surface area contributed by atoms with Crippen LogP contribution >= 0.6 is 0 Å². The topological polar surface area (TPSA) is 113 Å². The monoisotopic (exact) mass is 459 g/mol. The van der Waals surface area contributed by atoms with Crippen molar-refractivity contribution < 1.29 is 28.7 Å². The Balaban J connectivity index is 1.68. The lowest BCUT2D eigenvalue weighted by atomic mass is 10.0. The lowest BCUT2D eigenvalue weighted by Gasteiger charge is -2.28. The highest BCUT2D eigenvalue weighted by molar-refractivity contribution is 6.00. The molecule has 1 saturated heterocycles. The first-order valence-corrected chi connectivity index (χ1v) is 11.2. The SMILES string of the molecule is CC(=O)C(C)CCCCNC(=O)COCC(=O)N(C)c1cccc(CC(=O)N2CCC2=O)c1. The van der Waals surface area contributed by atoms with Crippen LogP contribution in [0.5, 0.6) is 0 Å². The number of imide groups is 1. The van der Waals surface area contributed by atoms with Crippen molar-refractivity contribution in [2.75, 3.05) is 38.3 Å². The Kier molecular flexibility index (Phi) is 10.2. The molecule has 1 atom stereocenters. The van der Waals surface area contributed by atoms with Crippen LogP contribution in [0.2, 0.25) is 0 Å². The van der Waals surface area contributed by atoms with Crippen molar-refractivity contribution >= 4 is 35.1 Å². The van der Waals surface area contributed by atoms with Crippen LogP contribution in [0.25, 0.3) is 0 Å². The minimum Gasteiger partial charge on any atom is -0.362 e. The van der Waals surface area contributed by atoms with Gasteiger partial charge in [0.15, 0.2) is 0 Å². The Labute approximate surface area is 194 Å². The number of β-lactam (4-membered cyclic amide) rings is 1. The van der Waals surface area contributed by atoms with Crippen LogP contribution in [0.4, 0.5) is 5.69 Å². The number of nitrogens with zero attached hydrogens (tertiary/aromatic N) is 2. The molecular formula is C24H33N3O6. The highest BCUT2D eigenvalue weighted by Gasteiger charge is 2.29. The molecule has 1 aliphatic heterocycles. The molecular weight excluding hydrogens is 426 g/mol. The van der Waals surface area contributed by atoms with E-state index in [1.807, 2.05) is 6.92 Å². The Morgan fingerprint density at radius 3 is 2.58 bits per heavy atom. The molecule has 1 aliphatic rings. The van der Waals surface area contributed by atoms with Crippen LogP contribution in [-0.4, -0.2) is 67.7 Å². The molecule has 33 heavy (non-hydrogen) atoms. The molecule has 0 bridgehead atoms. The summed E-state index contributed by atoms with van der Waals surface area (Å²) in [7, 11) is 1.59. The first kappa shape index (κ1) is 26.2. The average molecular weight is 460 g/mol. The van der Waals surface area contributed by atoms with Crippen molar-refractivity contribution in [1.82, 2.24) is 10.2 Å². The number of amides is 4. The zero-order valence-corrected chi connectivity index (χ0v) is 19.6. The minimum absolute atomic E-state index is 0.0398. The van der Waals surface area contributed by atoms with Crippen molar-refractivity contribution in [3.05, 3.63) is 29.8 Å². The van der Waals surface area contributed by atoms with Gasteiger partial charge in [0.25, 0.3) is 5.91 Å². The van der Waals surface area contributed by atoms with Crippen molar-refractivity contribution in [3.63, 3.8) is 0 Å². The zero-order valence-electron chi connectivity index (χ0n) is 19.6. The van der Waals surface area contributed by atoms with E-state index in [1.54, 1.807) is 38.2 Å². The molecule has 1 unspecified atom stereocenters. The summed E-state index contributed by atoms with van der Waals surface area (Å²) in [5.41, 5.74) is 1.29. The molecule has 1 aromatic rings. The fourth-order valence-corrected chi connectivity index (χ4v) is 3.25. The van der Waals surface area contributed by atoms with E-state index < -0.39 is 0 Å². The predicted octanol–water partition coefficient (Wildman–Crippen LogP) is 1.48. The molecule has 1 aromatic carbocycles. The number of benzene rings is 1. The Morgan fingerprint density at radius 1 is 1.18 bits per heavy atom.